The molecule has 1 fully saturated rings. The summed E-state index contributed by atoms with van der Waals surface area (Å²) in [5, 5.41) is 3.50. The first-order valence-electron chi connectivity index (χ1n) is 7.38. The summed E-state index contributed by atoms with van der Waals surface area (Å²) in [7, 11) is 0. The zero-order valence-corrected chi connectivity index (χ0v) is 12.4. The van der Waals surface area contributed by atoms with Crippen LogP contribution in [-0.2, 0) is 0 Å². The maximum absolute atomic E-state index is 5.95. The van der Waals surface area contributed by atoms with Crippen molar-refractivity contribution in [2.45, 2.75) is 33.3 Å². The van der Waals surface area contributed by atoms with Gasteiger partial charge in [0.05, 0.1) is 11.8 Å². The molecule has 1 heterocycles. The SMILES string of the molecule is CC1CNCCCN(c2ccccc2OC(C)C)C1. The van der Waals surface area contributed by atoms with Gasteiger partial charge in [0.15, 0.2) is 0 Å². The molecule has 2 rings (SSSR count). The van der Waals surface area contributed by atoms with Gasteiger partial charge in [0.25, 0.3) is 0 Å². The topological polar surface area (TPSA) is 24.5 Å². The summed E-state index contributed by atoms with van der Waals surface area (Å²) in [6, 6.07) is 8.41. The third-order valence-electron chi connectivity index (χ3n) is 3.38. The molecule has 0 aromatic heterocycles. The minimum absolute atomic E-state index is 0.218. The third-order valence-corrected chi connectivity index (χ3v) is 3.38. The van der Waals surface area contributed by atoms with Gasteiger partial charge >= 0.3 is 0 Å². The monoisotopic (exact) mass is 262 g/mol. The van der Waals surface area contributed by atoms with Crippen molar-refractivity contribution < 1.29 is 4.74 Å². The van der Waals surface area contributed by atoms with Gasteiger partial charge in [-0.05, 0) is 51.4 Å². The predicted octanol–water partition coefficient (Wildman–Crippen LogP) is 2.91. The zero-order valence-electron chi connectivity index (χ0n) is 12.4. The van der Waals surface area contributed by atoms with Gasteiger partial charge in [-0.1, -0.05) is 19.1 Å². The molecule has 3 heteroatoms. The average Bonchev–Trinajstić information content (AvgIpc) is 2.34. The van der Waals surface area contributed by atoms with E-state index in [2.05, 4.69) is 55.3 Å². The van der Waals surface area contributed by atoms with Crippen molar-refractivity contribution in [1.82, 2.24) is 5.32 Å². The van der Waals surface area contributed by atoms with Crippen LogP contribution in [0.5, 0.6) is 5.75 Å². The second kappa shape index (κ2) is 6.80. The Hall–Kier alpha value is -1.22. The largest absolute Gasteiger partial charge is 0.489 e. The Kier molecular flexibility index (Phi) is 5.08. The van der Waals surface area contributed by atoms with Crippen molar-refractivity contribution in [3.8, 4) is 5.75 Å². The first kappa shape index (κ1) is 14.2. The number of hydrogen-bond acceptors (Lipinski definition) is 3. The van der Waals surface area contributed by atoms with Crippen LogP contribution < -0.4 is 15.0 Å². The number of nitrogens with zero attached hydrogens (tertiary/aromatic N) is 1. The van der Waals surface area contributed by atoms with Gasteiger partial charge in [-0.3, -0.25) is 0 Å². The third kappa shape index (κ3) is 4.13. The molecule has 1 saturated heterocycles. The van der Waals surface area contributed by atoms with E-state index in [1.165, 1.54) is 12.1 Å². The fourth-order valence-electron chi connectivity index (χ4n) is 2.57. The van der Waals surface area contributed by atoms with Crippen molar-refractivity contribution in [1.29, 1.82) is 0 Å². The molecule has 0 radical (unpaired) electrons. The standard InChI is InChI=1S/C16H26N2O/c1-13(2)19-16-8-5-4-7-15(16)18-10-6-9-17-11-14(3)12-18/h4-5,7-8,13-14,17H,6,9-12H2,1-3H3. The smallest absolute Gasteiger partial charge is 0.142 e. The van der Waals surface area contributed by atoms with E-state index in [4.69, 9.17) is 4.74 Å². The summed E-state index contributed by atoms with van der Waals surface area (Å²) in [5.74, 6) is 1.67. The van der Waals surface area contributed by atoms with Crippen LogP contribution in [0.4, 0.5) is 5.69 Å². The van der Waals surface area contributed by atoms with E-state index >= 15 is 0 Å². The molecule has 0 saturated carbocycles. The number of anilines is 1. The van der Waals surface area contributed by atoms with Crippen LogP contribution >= 0.6 is 0 Å². The summed E-state index contributed by atoms with van der Waals surface area (Å²) in [4.78, 5) is 2.48. The molecule has 1 aliphatic heterocycles. The lowest BCUT2D eigenvalue weighted by Crippen LogP contribution is -2.39. The molecule has 3 nitrogen and oxygen atoms in total. The van der Waals surface area contributed by atoms with Gasteiger partial charge < -0.3 is 15.0 Å². The second-order valence-electron chi connectivity index (χ2n) is 5.74. The Bertz CT molecular complexity index is 392. The molecule has 1 aliphatic rings. The molecule has 1 N–H and O–H groups in total. The fraction of sp³-hybridized carbons (Fsp3) is 0.625. The first-order chi connectivity index (χ1) is 9.16. The van der Waals surface area contributed by atoms with Crippen molar-refractivity contribution in [2.24, 2.45) is 5.92 Å². The van der Waals surface area contributed by atoms with Crippen molar-refractivity contribution >= 4 is 5.69 Å². The highest BCUT2D eigenvalue weighted by atomic mass is 16.5. The highest BCUT2D eigenvalue weighted by molar-refractivity contribution is 5.58. The van der Waals surface area contributed by atoms with E-state index in [0.29, 0.717) is 5.92 Å². The van der Waals surface area contributed by atoms with E-state index < -0.39 is 0 Å². The molecule has 106 valence electrons. The van der Waals surface area contributed by atoms with Crippen LogP contribution in [0.15, 0.2) is 24.3 Å². The highest BCUT2D eigenvalue weighted by Gasteiger charge is 2.17. The summed E-state index contributed by atoms with van der Waals surface area (Å²) in [6.45, 7) is 10.9. The van der Waals surface area contributed by atoms with Gasteiger partial charge in [-0.25, -0.2) is 0 Å². The molecular formula is C16H26N2O. The minimum atomic E-state index is 0.218. The number of benzene rings is 1. The maximum atomic E-state index is 5.95. The number of nitrogens with one attached hydrogen (secondary N) is 1. The number of hydrogen-bond donors (Lipinski definition) is 1. The molecule has 0 aliphatic carbocycles. The molecule has 19 heavy (non-hydrogen) atoms. The number of ether oxygens (including phenoxy) is 1. The molecule has 1 atom stereocenters. The lowest BCUT2D eigenvalue weighted by molar-refractivity contribution is 0.242. The zero-order chi connectivity index (χ0) is 13.7. The van der Waals surface area contributed by atoms with Crippen LogP contribution in [0.25, 0.3) is 0 Å². The van der Waals surface area contributed by atoms with Gasteiger partial charge in [-0.2, -0.15) is 0 Å². The van der Waals surface area contributed by atoms with Gasteiger partial charge in [-0.15, -0.1) is 0 Å². The quantitative estimate of drug-likeness (QED) is 0.906. The van der Waals surface area contributed by atoms with Crippen LogP contribution in [0, 0.1) is 5.92 Å². The Balaban J connectivity index is 2.18. The Morgan fingerprint density at radius 2 is 2.11 bits per heavy atom. The molecule has 0 amide bonds. The van der Waals surface area contributed by atoms with Crippen molar-refractivity contribution in [3.05, 3.63) is 24.3 Å². The van der Waals surface area contributed by atoms with Crippen LogP contribution in [0.2, 0.25) is 0 Å². The minimum Gasteiger partial charge on any atom is -0.489 e. The van der Waals surface area contributed by atoms with Gasteiger partial charge in [0.2, 0.25) is 0 Å². The van der Waals surface area contributed by atoms with Crippen LogP contribution in [0.1, 0.15) is 27.2 Å². The van der Waals surface area contributed by atoms with Gasteiger partial charge in [0.1, 0.15) is 5.75 Å². The maximum Gasteiger partial charge on any atom is 0.142 e. The Morgan fingerprint density at radius 1 is 1.32 bits per heavy atom. The normalized spacial score (nSPS) is 21.1. The lowest BCUT2D eigenvalue weighted by Gasteiger charge is -2.32. The van der Waals surface area contributed by atoms with E-state index in [0.717, 1.165) is 31.9 Å². The molecule has 1 aromatic rings. The predicted molar refractivity (Wildman–Crippen MR) is 81.1 cm³/mol. The Labute approximate surface area is 116 Å². The molecular weight excluding hydrogens is 236 g/mol. The van der Waals surface area contributed by atoms with Crippen LogP contribution in [0.3, 0.4) is 0 Å². The lowest BCUT2D eigenvalue weighted by atomic mass is 10.1. The molecule has 0 bridgehead atoms. The summed E-state index contributed by atoms with van der Waals surface area (Å²) < 4.78 is 5.95. The summed E-state index contributed by atoms with van der Waals surface area (Å²) >= 11 is 0. The van der Waals surface area contributed by atoms with E-state index in [-0.39, 0.29) is 6.10 Å². The van der Waals surface area contributed by atoms with E-state index in [1.807, 2.05) is 0 Å². The van der Waals surface area contributed by atoms with Crippen molar-refractivity contribution in [2.75, 3.05) is 31.1 Å². The fourth-order valence-corrected chi connectivity index (χ4v) is 2.57. The summed E-state index contributed by atoms with van der Waals surface area (Å²) in [5.41, 5.74) is 1.24. The average molecular weight is 262 g/mol. The Morgan fingerprint density at radius 3 is 2.89 bits per heavy atom. The molecule has 1 unspecified atom stereocenters. The molecule has 0 spiro atoms. The summed E-state index contributed by atoms with van der Waals surface area (Å²) in [6.07, 6.45) is 1.40. The van der Waals surface area contributed by atoms with E-state index in [9.17, 15) is 0 Å². The number of rotatable bonds is 3. The number of para-hydroxylation sites is 2. The highest BCUT2D eigenvalue weighted by Crippen LogP contribution is 2.29. The first-order valence-corrected chi connectivity index (χ1v) is 7.38. The second-order valence-corrected chi connectivity index (χ2v) is 5.74. The van der Waals surface area contributed by atoms with Crippen LogP contribution in [-0.4, -0.2) is 32.3 Å². The van der Waals surface area contributed by atoms with Crippen molar-refractivity contribution in [3.63, 3.8) is 0 Å². The van der Waals surface area contributed by atoms with Gasteiger partial charge in [0, 0.05) is 13.1 Å². The molecule has 1 aromatic carbocycles. The van der Waals surface area contributed by atoms with E-state index in [1.54, 1.807) is 0 Å².